The maximum atomic E-state index is 9.75. The van der Waals surface area contributed by atoms with Crippen molar-refractivity contribution in [2.75, 3.05) is 0 Å². The van der Waals surface area contributed by atoms with Gasteiger partial charge < -0.3 is 21.7 Å². The van der Waals surface area contributed by atoms with E-state index in [0.29, 0.717) is 0 Å². The van der Waals surface area contributed by atoms with Crippen LogP contribution < -0.4 is 4.57 Å². The average molecular weight is 437 g/mol. The first-order valence-corrected chi connectivity index (χ1v) is 10.1. The first-order valence-electron chi connectivity index (χ1n) is 10.1. The highest BCUT2D eigenvalue weighted by atomic mass is 19.5. The number of aromatic nitrogens is 1. The Balaban J connectivity index is 0.000000444. The second-order valence-electron chi connectivity index (χ2n) is 7.40. The average Bonchev–Trinajstić information content (AvgIpc) is 3.16. The molecule has 0 atom stereocenters. The quantitative estimate of drug-likeness (QED) is 0.160. The largest absolute Gasteiger partial charge is 0.673 e. The summed E-state index contributed by atoms with van der Waals surface area (Å²) in [6, 6.07) is 29.5. The maximum Gasteiger partial charge on any atom is 0.673 e. The lowest BCUT2D eigenvalue weighted by atomic mass is 9.93. The van der Waals surface area contributed by atoms with E-state index in [4.69, 9.17) is 4.42 Å². The third kappa shape index (κ3) is 4.24. The number of pyridine rings is 1. The van der Waals surface area contributed by atoms with E-state index in [2.05, 4.69) is 91.3 Å². The molecule has 32 heavy (non-hydrogen) atoms. The highest BCUT2D eigenvalue weighted by molar-refractivity contribution is 6.50. The van der Waals surface area contributed by atoms with Gasteiger partial charge in [-0.3, -0.25) is 0 Å². The molecule has 162 valence electrons. The standard InChI is InChI=1S/C25H20NO.BF4/c1-17-25-23(20-15-9-10-16-21(20)27-25)22(18-11-5-3-6-12-18)24(26(17)2)19-13-7-4-8-14-19;2-1(3,4)5/h3-16H,1-2H3;/q+1;-1. The number of rotatable bonds is 2. The number of furan rings is 1. The van der Waals surface area contributed by atoms with Crippen LogP contribution in [-0.4, -0.2) is 7.25 Å². The molecule has 0 fully saturated rings. The molecule has 0 bridgehead atoms. The van der Waals surface area contributed by atoms with Crippen LogP contribution >= 0.6 is 0 Å². The Morgan fingerprint density at radius 2 is 1.22 bits per heavy atom. The number of hydrogen-bond acceptors (Lipinski definition) is 1. The van der Waals surface area contributed by atoms with Gasteiger partial charge in [-0.25, -0.2) is 0 Å². The molecule has 0 aliphatic heterocycles. The fraction of sp³-hybridized carbons (Fsp3) is 0.0800. The second-order valence-corrected chi connectivity index (χ2v) is 7.40. The molecule has 0 amide bonds. The van der Waals surface area contributed by atoms with Crippen LogP contribution in [0.1, 0.15) is 5.69 Å². The van der Waals surface area contributed by atoms with Crippen molar-refractivity contribution in [3.8, 4) is 22.4 Å². The summed E-state index contributed by atoms with van der Waals surface area (Å²) in [6.45, 7) is 2.13. The van der Waals surface area contributed by atoms with Gasteiger partial charge in [0, 0.05) is 23.3 Å². The molecular formula is C25H20BF4NO. The monoisotopic (exact) mass is 437 g/mol. The highest BCUT2D eigenvalue weighted by Crippen LogP contribution is 2.41. The normalized spacial score (nSPS) is 11.4. The molecule has 0 unspecified atom stereocenters. The predicted octanol–water partition coefficient (Wildman–Crippen LogP) is 7.35. The van der Waals surface area contributed by atoms with Crippen LogP contribution in [0.4, 0.5) is 17.3 Å². The summed E-state index contributed by atoms with van der Waals surface area (Å²) in [6.07, 6.45) is 0. The molecular weight excluding hydrogens is 417 g/mol. The summed E-state index contributed by atoms with van der Waals surface area (Å²) in [5, 5.41) is 2.35. The summed E-state index contributed by atoms with van der Waals surface area (Å²) in [5.41, 5.74) is 7.83. The molecule has 7 heteroatoms. The Morgan fingerprint density at radius 1 is 0.719 bits per heavy atom. The minimum Gasteiger partial charge on any atom is -0.449 e. The molecule has 0 radical (unpaired) electrons. The topological polar surface area (TPSA) is 17.0 Å². The van der Waals surface area contributed by atoms with E-state index in [-0.39, 0.29) is 0 Å². The molecule has 0 saturated carbocycles. The summed E-state index contributed by atoms with van der Waals surface area (Å²) in [5.74, 6) is 0. The SMILES string of the molecule is Cc1c2oc3ccccc3c2c(-c2ccccc2)c(-c2ccccc2)[n+]1C.F[B-](F)(F)F. The number of aryl methyl sites for hydroxylation is 1. The Morgan fingerprint density at radius 3 is 1.81 bits per heavy atom. The van der Waals surface area contributed by atoms with Crippen molar-refractivity contribution in [1.82, 2.24) is 0 Å². The highest BCUT2D eigenvalue weighted by Gasteiger charge is 2.28. The molecule has 2 aromatic heterocycles. The van der Waals surface area contributed by atoms with Crippen molar-refractivity contribution in [3.05, 3.63) is 90.6 Å². The van der Waals surface area contributed by atoms with E-state index in [1.165, 1.54) is 27.8 Å². The molecule has 3 aromatic carbocycles. The Labute approximate surface area is 182 Å². The van der Waals surface area contributed by atoms with Gasteiger partial charge in [0.05, 0.1) is 5.56 Å². The smallest absolute Gasteiger partial charge is 0.449 e. The number of halogens is 4. The molecule has 5 aromatic rings. The summed E-state index contributed by atoms with van der Waals surface area (Å²) < 4.78 is 47.5. The first-order chi connectivity index (χ1) is 15.3. The van der Waals surface area contributed by atoms with Crippen LogP contribution in [0.25, 0.3) is 44.3 Å². The van der Waals surface area contributed by atoms with Crippen LogP contribution in [0, 0.1) is 6.92 Å². The van der Waals surface area contributed by atoms with E-state index in [1.54, 1.807) is 0 Å². The molecule has 2 nitrogen and oxygen atoms in total. The Bertz CT molecular complexity index is 1370. The van der Waals surface area contributed by atoms with Crippen LogP contribution in [0.5, 0.6) is 0 Å². The predicted molar refractivity (Wildman–Crippen MR) is 121 cm³/mol. The number of nitrogens with zero attached hydrogens (tertiary/aromatic N) is 1. The van der Waals surface area contributed by atoms with E-state index in [9.17, 15) is 17.3 Å². The van der Waals surface area contributed by atoms with Gasteiger partial charge in [-0.1, -0.05) is 66.7 Å². The van der Waals surface area contributed by atoms with Gasteiger partial charge in [-0.15, -0.1) is 0 Å². The fourth-order valence-electron chi connectivity index (χ4n) is 3.97. The number of para-hydroxylation sites is 1. The van der Waals surface area contributed by atoms with Crippen molar-refractivity contribution in [1.29, 1.82) is 0 Å². The van der Waals surface area contributed by atoms with Gasteiger partial charge in [0.25, 0.3) is 0 Å². The van der Waals surface area contributed by atoms with Crippen molar-refractivity contribution in [2.45, 2.75) is 6.92 Å². The van der Waals surface area contributed by atoms with Gasteiger partial charge >= 0.3 is 7.25 Å². The third-order valence-electron chi connectivity index (χ3n) is 5.36. The zero-order valence-electron chi connectivity index (χ0n) is 17.5. The lowest BCUT2D eigenvalue weighted by Crippen LogP contribution is -2.35. The van der Waals surface area contributed by atoms with Gasteiger partial charge in [0.1, 0.15) is 12.6 Å². The van der Waals surface area contributed by atoms with Gasteiger partial charge in [0.2, 0.25) is 17.0 Å². The van der Waals surface area contributed by atoms with Crippen LogP contribution in [0.2, 0.25) is 0 Å². The minimum atomic E-state index is -6.00. The van der Waals surface area contributed by atoms with Crippen LogP contribution in [0.15, 0.2) is 89.3 Å². The molecule has 5 rings (SSSR count). The van der Waals surface area contributed by atoms with Crippen molar-refractivity contribution in [2.24, 2.45) is 7.05 Å². The van der Waals surface area contributed by atoms with E-state index in [0.717, 1.165) is 22.2 Å². The Hall–Kier alpha value is -3.61. The Kier molecular flexibility index (Phi) is 5.74. The molecule has 0 saturated heterocycles. The van der Waals surface area contributed by atoms with Crippen LogP contribution in [-0.2, 0) is 7.05 Å². The number of fused-ring (bicyclic) bond motifs is 3. The molecule has 2 heterocycles. The van der Waals surface area contributed by atoms with Crippen molar-refractivity contribution in [3.63, 3.8) is 0 Å². The fourth-order valence-corrected chi connectivity index (χ4v) is 3.97. The minimum absolute atomic E-state index is 0.929. The summed E-state index contributed by atoms with van der Waals surface area (Å²) in [4.78, 5) is 0. The van der Waals surface area contributed by atoms with Gasteiger partial charge in [0.15, 0.2) is 0 Å². The molecule has 0 N–H and O–H groups in total. The number of hydrogen-bond donors (Lipinski definition) is 0. The molecule has 0 aliphatic carbocycles. The summed E-state index contributed by atoms with van der Waals surface area (Å²) >= 11 is 0. The van der Waals surface area contributed by atoms with Gasteiger partial charge in [-0.2, -0.15) is 4.57 Å². The third-order valence-corrected chi connectivity index (χ3v) is 5.36. The maximum absolute atomic E-state index is 9.75. The molecule has 0 spiro atoms. The zero-order valence-corrected chi connectivity index (χ0v) is 17.5. The van der Waals surface area contributed by atoms with Crippen molar-refractivity contribution >= 4 is 29.2 Å². The lowest BCUT2D eigenvalue weighted by molar-refractivity contribution is -0.665. The molecule has 0 aliphatic rings. The first kappa shape index (κ1) is 21.6. The zero-order chi connectivity index (χ0) is 22.9. The van der Waals surface area contributed by atoms with Gasteiger partial charge in [-0.05, 0) is 23.8 Å². The van der Waals surface area contributed by atoms with Crippen molar-refractivity contribution < 1.29 is 26.2 Å². The van der Waals surface area contributed by atoms with E-state index in [1.807, 2.05) is 12.1 Å². The lowest BCUT2D eigenvalue weighted by Gasteiger charge is -2.12. The number of benzene rings is 3. The van der Waals surface area contributed by atoms with Crippen LogP contribution in [0.3, 0.4) is 0 Å². The second kappa shape index (κ2) is 8.50. The van der Waals surface area contributed by atoms with E-state index < -0.39 is 7.25 Å². The van der Waals surface area contributed by atoms with E-state index >= 15 is 0 Å². The summed E-state index contributed by atoms with van der Waals surface area (Å²) in [7, 11) is -3.88.